The number of rotatable bonds is 8. The first-order chi connectivity index (χ1) is 12.7. The summed E-state index contributed by atoms with van der Waals surface area (Å²) in [5, 5.41) is 11.5. The average molecular weight is 346 g/mol. The van der Waals surface area contributed by atoms with Crippen molar-refractivity contribution in [2.45, 2.75) is 13.1 Å². The van der Waals surface area contributed by atoms with Crippen LogP contribution in [-0.2, 0) is 13.1 Å². The van der Waals surface area contributed by atoms with Crippen LogP contribution in [0, 0.1) is 0 Å². The Morgan fingerprint density at radius 3 is 1.92 bits per heavy atom. The molecule has 4 heteroatoms. The smallest absolute Gasteiger partial charge is 0.178 e. The zero-order valence-electron chi connectivity index (χ0n) is 14.5. The highest BCUT2D eigenvalue weighted by atomic mass is 16.3. The Morgan fingerprint density at radius 2 is 1.31 bits per heavy atom. The molecule has 0 heterocycles. The molecule has 26 heavy (non-hydrogen) atoms. The van der Waals surface area contributed by atoms with Crippen LogP contribution in [0.1, 0.15) is 21.5 Å². The fraction of sp³-hybridized carbons (Fsp3) is 0.136. The maximum absolute atomic E-state index is 12.4. The van der Waals surface area contributed by atoms with E-state index in [0.717, 1.165) is 11.1 Å². The van der Waals surface area contributed by atoms with Gasteiger partial charge in [0.1, 0.15) is 5.75 Å². The van der Waals surface area contributed by atoms with Crippen LogP contribution >= 0.6 is 0 Å². The number of hydrogen-bond acceptors (Lipinski definition) is 4. The van der Waals surface area contributed by atoms with Gasteiger partial charge in [0, 0.05) is 18.7 Å². The van der Waals surface area contributed by atoms with Gasteiger partial charge >= 0.3 is 0 Å². The topological polar surface area (TPSA) is 52.6 Å². The molecule has 0 amide bonds. The number of carbonyl (C=O) groups is 1. The van der Waals surface area contributed by atoms with Crippen molar-refractivity contribution in [3.05, 3.63) is 102 Å². The number of carbonyl (C=O) groups excluding carboxylic acids is 1. The summed E-state index contributed by atoms with van der Waals surface area (Å²) in [5.74, 6) is 0.296. The number of phenolic OH excluding ortho intramolecular Hbond substituents is 1. The molecule has 132 valence electrons. The highest BCUT2D eigenvalue weighted by Gasteiger charge is 2.11. The molecule has 3 aromatic rings. The summed E-state index contributed by atoms with van der Waals surface area (Å²) < 4.78 is 0. The van der Waals surface area contributed by atoms with E-state index in [-0.39, 0.29) is 18.1 Å². The molecule has 0 unspecified atom stereocenters. The molecule has 0 saturated heterocycles. The van der Waals surface area contributed by atoms with Gasteiger partial charge in [-0.3, -0.25) is 4.79 Å². The zero-order chi connectivity index (χ0) is 18.2. The van der Waals surface area contributed by atoms with E-state index < -0.39 is 0 Å². The van der Waals surface area contributed by atoms with E-state index in [1.165, 1.54) is 0 Å². The first-order valence-corrected chi connectivity index (χ1v) is 8.59. The summed E-state index contributed by atoms with van der Waals surface area (Å²) in [5.41, 5.74) is 6.16. The largest absolute Gasteiger partial charge is 0.508 e. The lowest BCUT2D eigenvalue weighted by Crippen LogP contribution is -2.40. The minimum atomic E-state index is 0.0503. The van der Waals surface area contributed by atoms with Gasteiger partial charge < -0.3 is 5.11 Å². The van der Waals surface area contributed by atoms with Crippen LogP contribution < -0.4 is 5.43 Å². The third kappa shape index (κ3) is 5.28. The molecule has 4 nitrogen and oxygen atoms in total. The Balaban J connectivity index is 1.67. The summed E-state index contributed by atoms with van der Waals surface area (Å²) in [4.78, 5) is 12.4. The van der Waals surface area contributed by atoms with E-state index in [1.807, 2.05) is 65.7 Å². The monoisotopic (exact) mass is 346 g/mol. The van der Waals surface area contributed by atoms with Crippen LogP contribution in [-0.4, -0.2) is 22.4 Å². The van der Waals surface area contributed by atoms with Crippen molar-refractivity contribution in [3.63, 3.8) is 0 Å². The summed E-state index contributed by atoms with van der Waals surface area (Å²) in [6.45, 7) is 1.52. The molecule has 0 saturated carbocycles. The van der Waals surface area contributed by atoms with Gasteiger partial charge in [0.2, 0.25) is 0 Å². The Hall–Kier alpha value is -2.95. The normalized spacial score (nSPS) is 10.8. The number of nitrogens with zero attached hydrogens (tertiary/aromatic N) is 1. The van der Waals surface area contributed by atoms with Crippen LogP contribution in [0.15, 0.2) is 84.9 Å². The second-order valence-corrected chi connectivity index (χ2v) is 6.13. The van der Waals surface area contributed by atoms with Crippen molar-refractivity contribution >= 4 is 5.78 Å². The molecule has 2 N–H and O–H groups in total. The van der Waals surface area contributed by atoms with Gasteiger partial charge in [0.25, 0.3) is 0 Å². The number of aromatic hydroxyl groups is 1. The maximum Gasteiger partial charge on any atom is 0.178 e. The molecule has 0 radical (unpaired) electrons. The minimum absolute atomic E-state index is 0.0503. The van der Waals surface area contributed by atoms with E-state index >= 15 is 0 Å². The highest BCUT2D eigenvalue weighted by Crippen LogP contribution is 2.13. The van der Waals surface area contributed by atoms with Crippen LogP contribution in [0.4, 0.5) is 0 Å². The lowest BCUT2D eigenvalue weighted by molar-refractivity contribution is 0.0923. The van der Waals surface area contributed by atoms with Gasteiger partial charge in [-0.25, -0.2) is 10.4 Å². The Labute approximate surface area is 153 Å². The molecule has 0 bridgehead atoms. The SMILES string of the molecule is O=C(CNN(Cc1ccccc1)Cc1ccc(O)cc1)c1ccccc1. The number of nitrogens with one attached hydrogen (secondary N) is 1. The van der Waals surface area contributed by atoms with E-state index in [4.69, 9.17) is 0 Å². The first kappa shape index (κ1) is 17.9. The van der Waals surface area contributed by atoms with E-state index in [2.05, 4.69) is 17.6 Å². The molecule has 0 spiro atoms. The molecular weight excluding hydrogens is 324 g/mol. The minimum Gasteiger partial charge on any atom is -0.508 e. The predicted octanol–water partition coefficient (Wildman–Crippen LogP) is 3.78. The number of phenols is 1. The molecule has 0 aliphatic carbocycles. The second kappa shape index (κ2) is 8.94. The third-order valence-electron chi connectivity index (χ3n) is 4.09. The average Bonchev–Trinajstić information content (AvgIpc) is 2.69. The van der Waals surface area contributed by atoms with Gasteiger partial charge in [-0.05, 0) is 23.3 Å². The highest BCUT2D eigenvalue weighted by molar-refractivity contribution is 5.97. The fourth-order valence-corrected chi connectivity index (χ4v) is 2.70. The molecule has 0 fully saturated rings. The van der Waals surface area contributed by atoms with Gasteiger partial charge in [-0.2, -0.15) is 0 Å². The van der Waals surface area contributed by atoms with Crippen molar-refractivity contribution < 1.29 is 9.90 Å². The number of benzene rings is 3. The molecule has 0 aliphatic heterocycles. The molecule has 3 rings (SSSR count). The summed E-state index contributed by atoms with van der Waals surface area (Å²) in [7, 11) is 0. The Bertz CT molecular complexity index is 818. The van der Waals surface area contributed by atoms with Crippen molar-refractivity contribution in [3.8, 4) is 5.75 Å². The standard InChI is InChI=1S/C22H22N2O2/c25-21-13-11-19(12-14-21)17-24(16-18-7-3-1-4-8-18)23-15-22(26)20-9-5-2-6-10-20/h1-14,23,25H,15-17H2. The Morgan fingerprint density at radius 1 is 0.769 bits per heavy atom. The molecular formula is C22H22N2O2. The summed E-state index contributed by atoms with van der Waals surface area (Å²) in [6.07, 6.45) is 0. The molecule has 0 aliphatic rings. The quantitative estimate of drug-likeness (QED) is 0.481. The maximum atomic E-state index is 12.4. The number of Topliss-reactive ketones (excluding diaryl/α,β-unsaturated/α-hetero) is 1. The summed E-state index contributed by atoms with van der Waals surface area (Å²) >= 11 is 0. The summed E-state index contributed by atoms with van der Waals surface area (Å²) in [6, 6.07) is 26.5. The number of ketones is 1. The van der Waals surface area contributed by atoms with Crippen molar-refractivity contribution in [2.75, 3.05) is 6.54 Å². The van der Waals surface area contributed by atoms with E-state index in [0.29, 0.717) is 18.7 Å². The third-order valence-corrected chi connectivity index (χ3v) is 4.09. The van der Waals surface area contributed by atoms with Crippen molar-refractivity contribution in [1.29, 1.82) is 0 Å². The Kier molecular flexibility index (Phi) is 6.14. The van der Waals surface area contributed by atoms with Crippen LogP contribution in [0.2, 0.25) is 0 Å². The molecule has 0 atom stereocenters. The van der Waals surface area contributed by atoms with Gasteiger partial charge in [0.15, 0.2) is 5.78 Å². The van der Waals surface area contributed by atoms with Gasteiger partial charge in [-0.15, -0.1) is 0 Å². The lowest BCUT2D eigenvalue weighted by atomic mass is 10.1. The zero-order valence-corrected chi connectivity index (χ0v) is 14.5. The fourth-order valence-electron chi connectivity index (χ4n) is 2.70. The van der Waals surface area contributed by atoms with Crippen molar-refractivity contribution in [1.82, 2.24) is 10.4 Å². The molecule has 0 aromatic heterocycles. The number of hydrogen-bond donors (Lipinski definition) is 2. The van der Waals surface area contributed by atoms with Gasteiger partial charge in [-0.1, -0.05) is 72.8 Å². The predicted molar refractivity (Wildman–Crippen MR) is 103 cm³/mol. The second-order valence-electron chi connectivity index (χ2n) is 6.13. The van der Waals surface area contributed by atoms with Crippen LogP contribution in [0.3, 0.4) is 0 Å². The lowest BCUT2D eigenvalue weighted by Gasteiger charge is -2.23. The van der Waals surface area contributed by atoms with Crippen LogP contribution in [0.5, 0.6) is 5.75 Å². The van der Waals surface area contributed by atoms with E-state index in [1.54, 1.807) is 12.1 Å². The van der Waals surface area contributed by atoms with Crippen LogP contribution in [0.25, 0.3) is 0 Å². The van der Waals surface area contributed by atoms with E-state index in [9.17, 15) is 9.90 Å². The van der Waals surface area contributed by atoms with Crippen molar-refractivity contribution in [2.24, 2.45) is 0 Å². The molecule has 3 aromatic carbocycles. The number of hydrazine groups is 1. The van der Waals surface area contributed by atoms with Gasteiger partial charge in [0.05, 0.1) is 6.54 Å². The first-order valence-electron chi connectivity index (χ1n) is 8.59.